The van der Waals surface area contributed by atoms with Gasteiger partial charge in [-0.15, -0.1) is 0 Å². The van der Waals surface area contributed by atoms with E-state index in [9.17, 15) is 18.0 Å². The molecule has 0 aromatic heterocycles. The Balaban J connectivity index is 2.63. The molecule has 106 valence electrons. The molecule has 19 heavy (non-hydrogen) atoms. The molecule has 0 fully saturated rings. The summed E-state index contributed by atoms with van der Waals surface area (Å²) in [5.74, 6) is 0. The van der Waals surface area contributed by atoms with E-state index in [4.69, 9.17) is 5.11 Å². The number of carbonyl (C=O) groups excluding carboxylic acids is 1. The maximum atomic E-state index is 12.4. The number of benzene rings is 1. The molecule has 0 heterocycles. The first-order chi connectivity index (χ1) is 8.84. The number of hydrogen-bond donors (Lipinski definition) is 3. The first-order valence-electron chi connectivity index (χ1n) is 5.67. The Labute approximate surface area is 108 Å². The monoisotopic (exact) mass is 276 g/mol. The fraction of sp³-hybridized carbons (Fsp3) is 0.417. The van der Waals surface area contributed by atoms with Crippen LogP contribution in [-0.2, 0) is 6.18 Å². The zero-order chi connectivity index (χ0) is 14.5. The van der Waals surface area contributed by atoms with E-state index >= 15 is 0 Å². The number of nitrogens with one attached hydrogen (secondary N) is 2. The van der Waals surface area contributed by atoms with Crippen molar-refractivity contribution in [3.63, 3.8) is 0 Å². The molecule has 0 saturated carbocycles. The molecule has 1 atom stereocenters. The van der Waals surface area contributed by atoms with E-state index in [2.05, 4.69) is 10.6 Å². The third-order valence-corrected chi connectivity index (χ3v) is 2.48. The second-order valence-electron chi connectivity index (χ2n) is 3.97. The number of carbonyl (C=O) groups is 1. The van der Waals surface area contributed by atoms with Gasteiger partial charge >= 0.3 is 12.2 Å². The van der Waals surface area contributed by atoms with Crippen molar-refractivity contribution < 1.29 is 23.1 Å². The van der Waals surface area contributed by atoms with Crippen LogP contribution in [0.15, 0.2) is 24.3 Å². The number of rotatable bonds is 4. The topological polar surface area (TPSA) is 61.4 Å². The van der Waals surface area contributed by atoms with Gasteiger partial charge in [-0.05, 0) is 24.6 Å². The number of alkyl halides is 3. The molecule has 1 unspecified atom stereocenters. The second kappa shape index (κ2) is 6.42. The summed E-state index contributed by atoms with van der Waals surface area (Å²) in [5.41, 5.74) is -0.166. The van der Waals surface area contributed by atoms with Gasteiger partial charge in [0.25, 0.3) is 0 Å². The number of aliphatic hydroxyl groups is 1. The maximum Gasteiger partial charge on any atom is 0.416 e. The lowest BCUT2D eigenvalue weighted by Gasteiger charge is -2.15. The van der Waals surface area contributed by atoms with Gasteiger partial charge in [0.15, 0.2) is 0 Å². The van der Waals surface area contributed by atoms with Crippen molar-refractivity contribution in [2.45, 2.75) is 19.1 Å². The molecule has 0 bridgehead atoms. The predicted octanol–water partition coefficient (Wildman–Crippen LogP) is 2.06. The lowest BCUT2D eigenvalue weighted by Crippen LogP contribution is -2.38. The molecule has 1 aromatic rings. The van der Waals surface area contributed by atoms with E-state index in [0.717, 1.165) is 12.1 Å². The highest BCUT2D eigenvalue weighted by atomic mass is 19.4. The van der Waals surface area contributed by atoms with E-state index in [1.165, 1.54) is 12.1 Å². The Morgan fingerprint density at radius 1 is 1.32 bits per heavy atom. The highest BCUT2D eigenvalue weighted by Crippen LogP contribution is 2.29. The van der Waals surface area contributed by atoms with E-state index in [1.807, 2.05) is 0 Å². The van der Waals surface area contributed by atoms with Gasteiger partial charge in [-0.2, -0.15) is 13.2 Å². The Bertz CT molecular complexity index is 418. The fourth-order valence-electron chi connectivity index (χ4n) is 1.46. The number of urea groups is 1. The van der Waals surface area contributed by atoms with E-state index < -0.39 is 23.8 Å². The van der Waals surface area contributed by atoms with Crippen LogP contribution in [0.5, 0.6) is 0 Å². The molecule has 0 radical (unpaired) electrons. The molecule has 0 spiro atoms. The van der Waals surface area contributed by atoms with Crippen LogP contribution in [0.25, 0.3) is 0 Å². The highest BCUT2D eigenvalue weighted by Gasteiger charge is 2.30. The summed E-state index contributed by atoms with van der Waals surface area (Å²) in [6.07, 6.45) is -4.37. The molecule has 0 aliphatic carbocycles. The minimum Gasteiger partial charge on any atom is -0.395 e. The van der Waals surface area contributed by atoms with Gasteiger partial charge in [0, 0.05) is 6.54 Å². The summed E-state index contributed by atoms with van der Waals surface area (Å²) in [7, 11) is 0. The minimum absolute atomic E-state index is 0.117. The Morgan fingerprint density at radius 3 is 2.37 bits per heavy atom. The van der Waals surface area contributed by atoms with Crippen molar-refractivity contribution in [1.29, 1.82) is 0 Å². The van der Waals surface area contributed by atoms with Gasteiger partial charge in [0.1, 0.15) is 0 Å². The van der Waals surface area contributed by atoms with Crippen LogP contribution < -0.4 is 10.6 Å². The van der Waals surface area contributed by atoms with Gasteiger partial charge in [0.05, 0.1) is 18.2 Å². The summed E-state index contributed by atoms with van der Waals surface area (Å²) >= 11 is 0. The third-order valence-electron chi connectivity index (χ3n) is 2.48. The lowest BCUT2D eigenvalue weighted by molar-refractivity contribution is -0.137. The van der Waals surface area contributed by atoms with Crippen LogP contribution >= 0.6 is 0 Å². The summed E-state index contributed by atoms with van der Waals surface area (Å²) in [6, 6.07) is 3.67. The molecule has 1 rings (SSSR count). The summed E-state index contributed by atoms with van der Waals surface area (Å²) in [4.78, 5) is 11.3. The van der Waals surface area contributed by atoms with Crippen LogP contribution in [-0.4, -0.2) is 24.3 Å². The van der Waals surface area contributed by atoms with E-state index in [-0.39, 0.29) is 13.2 Å². The Kier molecular flexibility index (Phi) is 5.17. The largest absolute Gasteiger partial charge is 0.416 e. The van der Waals surface area contributed by atoms with Gasteiger partial charge in [-0.1, -0.05) is 12.1 Å². The molecule has 4 nitrogen and oxygen atoms in total. The number of hydrogen-bond acceptors (Lipinski definition) is 2. The van der Waals surface area contributed by atoms with Crippen LogP contribution in [0, 0.1) is 0 Å². The van der Waals surface area contributed by atoms with Gasteiger partial charge in [-0.3, -0.25) is 0 Å². The average Bonchev–Trinajstić information content (AvgIpc) is 2.35. The molecule has 2 amide bonds. The van der Waals surface area contributed by atoms with Crippen molar-refractivity contribution in [2.24, 2.45) is 0 Å². The number of halogens is 3. The van der Waals surface area contributed by atoms with Crippen molar-refractivity contribution in [3.05, 3.63) is 35.4 Å². The first kappa shape index (κ1) is 15.3. The van der Waals surface area contributed by atoms with E-state index in [0.29, 0.717) is 5.56 Å². The fourth-order valence-corrected chi connectivity index (χ4v) is 1.46. The normalized spacial score (nSPS) is 12.9. The smallest absolute Gasteiger partial charge is 0.395 e. The molecular formula is C12H15F3N2O2. The minimum atomic E-state index is -4.37. The summed E-state index contributed by atoms with van der Waals surface area (Å²) in [5, 5.41) is 13.5. The maximum absolute atomic E-state index is 12.4. The molecule has 7 heteroatoms. The summed E-state index contributed by atoms with van der Waals surface area (Å²) < 4.78 is 37.1. The second-order valence-corrected chi connectivity index (χ2v) is 3.97. The van der Waals surface area contributed by atoms with E-state index in [1.54, 1.807) is 6.92 Å². The van der Waals surface area contributed by atoms with Crippen LogP contribution in [0.2, 0.25) is 0 Å². The zero-order valence-corrected chi connectivity index (χ0v) is 10.3. The highest BCUT2D eigenvalue weighted by molar-refractivity contribution is 5.74. The summed E-state index contributed by atoms with van der Waals surface area (Å²) in [6.45, 7) is 1.59. The zero-order valence-electron chi connectivity index (χ0n) is 10.3. The molecule has 0 aliphatic rings. The van der Waals surface area contributed by atoms with Crippen LogP contribution in [0.4, 0.5) is 18.0 Å². The Morgan fingerprint density at radius 2 is 1.89 bits per heavy atom. The van der Waals surface area contributed by atoms with Crippen molar-refractivity contribution >= 4 is 6.03 Å². The SMILES string of the molecule is CC(NC(=O)NCCO)c1ccc(C(F)(F)F)cc1. The van der Waals surface area contributed by atoms with Gasteiger partial charge in [-0.25, -0.2) is 4.79 Å². The predicted molar refractivity (Wildman–Crippen MR) is 63.5 cm³/mol. The average molecular weight is 276 g/mol. The number of amides is 2. The molecule has 0 saturated heterocycles. The molecule has 3 N–H and O–H groups in total. The van der Waals surface area contributed by atoms with Crippen molar-refractivity contribution in [2.75, 3.05) is 13.2 Å². The first-order valence-corrected chi connectivity index (χ1v) is 5.67. The number of aliphatic hydroxyl groups excluding tert-OH is 1. The molecular weight excluding hydrogens is 261 g/mol. The third kappa shape index (κ3) is 4.78. The standard InChI is InChI=1S/C12H15F3N2O2/c1-8(17-11(19)16-6-7-18)9-2-4-10(5-3-9)12(13,14)15/h2-5,8,18H,6-7H2,1H3,(H2,16,17,19). The lowest BCUT2D eigenvalue weighted by atomic mass is 10.1. The Hall–Kier alpha value is -1.76. The molecule has 1 aromatic carbocycles. The van der Waals surface area contributed by atoms with Gasteiger partial charge in [0.2, 0.25) is 0 Å². The molecule has 0 aliphatic heterocycles. The van der Waals surface area contributed by atoms with Crippen LogP contribution in [0.3, 0.4) is 0 Å². The van der Waals surface area contributed by atoms with Crippen molar-refractivity contribution in [1.82, 2.24) is 10.6 Å². The van der Waals surface area contributed by atoms with Gasteiger partial charge < -0.3 is 15.7 Å². The van der Waals surface area contributed by atoms with Crippen molar-refractivity contribution in [3.8, 4) is 0 Å². The quantitative estimate of drug-likeness (QED) is 0.788. The van der Waals surface area contributed by atoms with Crippen LogP contribution in [0.1, 0.15) is 24.1 Å².